The van der Waals surface area contributed by atoms with Crippen LogP contribution in [0.2, 0.25) is 0 Å². The first kappa shape index (κ1) is 14.8. The maximum atomic E-state index is 10.7. The zero-order valence-corrected chi connectivity index (χ0v) is 12.8. The Bertz CT molecular complexity index is 428. The SMILES string of the molecule is CCc1cnc(SCC(=O)O)n1CC1CCCCS1. The summed E-state index contributed by atoms with van der Waals surface area (Å²) in [6.45, 7) is 3.09. The van der Waals surface area contributed by atoms with Crippen LogP contribution in [0.1, 0.15) is 31.9 Å². The molecule has 19 heavy (non-hydrogen) atoms. The Labute approximate surface area is 122 Å². The fraction of sp³-hybridized carbons (Fsp3) is 0.692. The Kier molecular flexibility index (Phi) is 5.63. The number of aliphatic carboxylic acids is 1. The van der Waals surface area contributed by atoms with Crippen LogP contribution in [0, 0.1) is 0 Å². The highest BCUT2D eigenvalue weighted by atomic mass is 32.2. The molecule has 0 aromatic carbocycles. The van der Waals surface area contributed by atoms with Gasteiger partial charge in [0.05, 0.1) is 5.75 Å². The second-order valence-corrected chi connectivity index (χ2v) is 7.02. The van der Waals surface area contributed by atoms with E-state index in [2.05, 4.69) is 16.5 Å². The number of hydrogen-bond acceptors (Lipinski definition) is 4. The molecular weight excluding hydrogens is 280 g/mol. The van der Waals surface area contributed by atoms with Gasteiger partial charge >= 0.3 is 5.97 Å². The highest BCUT2D eigenvalue weighted by Crippen LogP contribution is 2.28. The summed E-state index contributed by atoms with van der Waals surface area (Å²) in [5, 5.41) is 10.3. The van der Waals surface area contributed by atoms with E-state index < -0.39 is 5.97 Å². The molecule has 106 valence electrons. The molecule has 1 atom stereocenters. The van der Waals surface area contributed by atoms with Crippen LogP contribution in [-0.2, 0) is 17.8 Å². The van der Waals surface area contributed by atoms with E-state index in [0.29, 0.717) is 5.25 Å². The minimum Gasteiger partial charge on any atom is -0.481 e. The van der Waals surface area contributed by atoms with Crippen molar-refractivity contribution in [2.45, 2.75) is 49.6 Å². The zero-order valence-electron chi connectivity index (χ0n) is 11.2. The quantitative estimate of drug-likeness (QED) is 0.819. The van der Waals surface area contributed by atoms with E-state index in [4.69, 9.17) is 5.11 Å². The molecule has 1 fully saturated rings. The first-order chi connectivity index (χ1) is 9.20. The van der Waals surface area contributed by atoms with Gasteiger partial charge in [-0.05, 0) is 25.0 Å². The lowest BCUT2D eigenvalue weighted by molar-refractivity contribution is -0.133. The number of nitrogens with zero attached hydrogens (tertiary/aromatic N) is 2. The first-order valence-corrected chi connectivity index (χ1v) is 8.74. The van der Waals surface area contributed by atoms with E-state index in [1.807, 2.05) is 18.0 Å². The molecule has 4 nitrogen and oxygen atoms in total. The standard InChI is InChI=1S/C13H20N2O2S2/c1-2-10-7-14-13(19-9-12(16)17)15(10)8-11-5-3-4-6-18-11/h7,11H,2-6,8-9H2,1H3,(H,16,17). The number of carbonyl (C=O) groups is 1. The van der Waals surface area contributed by atoms with E-state index in [1.165, 1.54) is 42.5 Å². The fourth-order valence-electron chi connectivity index (χ4n) is 2.27. The van der Waals surface area contributed by atoms with Gasteiger partial charge in [-0.2, -0.15) is 11.8 Å². The van der Waals surface area contributed by atoms with Crippen molar-refractivity contribution in [2.24, 2.45) is 0 Å². The van der Waals surface area contributed by atoms with Crippen LogP contribution < -0.4 is 0 Å². The number of aryl methyl sites for hydroxylation is 1. The Morgan fingerprint density at radius 2 is 2.47 bits per heavy atom. The lowest BCUT2D eigenvalue weighted by Crippen LogP contribution is -2.19. The van der Waals surface area contributed by atoms with Crippen LogP contribution in [0.25, 0.3) is 0 Å². The highest BCUT2D eigenvalue weighted by molar-refractivity contribution is 8.00. The minimum atomic E-state index is -0.787. The van der Waals surface area contributed by atoms with Crippen molar-refractivity contribution >= 4 is 29.5 Å². The highest BCUT2D eigenvalue weighted by Gasteiger charge is 2.18. The van der Waals surface area contributed by atoms with E-state index >= 15 is 0 Å². The topological polar surface area (TPSA) is 55.1 Å². The van der Waals surface area contributed by atoms with Gasteiger partial charge in [0, 0.05) is 23.7 Å². The van der Waals surface area contributed by atoms with Crippen LogP contribution in [0.15, 0.2) is 11.4 Å². The molecule has 2 heterocycles. The Hall–Kier alpha value is -0.620. The fourth-order valence-corrected chi connectivity index (χ4v) is 4.29. The van der Waals surface area contributed by atoms with Crippen LogP contribution in [0.4, 0.5) is 0 Å². The van der Waals surface area contributed by atoms with Crippen molar-refractivity contribution in [3.8, 4) is 0 Å². The zero-order chi connectivity index (χ0) is 13.7. The molecule has 2 rings (SSSR count). The van der Waals surface area contributed by atoms with Gasteiger partial charge < -0.3 is 9.67 Å². The van der Waals surface area contributed by atoms with Crippen molar-refractivity contribution in [2.75, 3.05) is 11.5 Å². The molecule has 0 bridgehead atoms. The van der Waals surface area contributed by atoms with Gasteiger partial charge in [0.2, 0.25) is 0 Å². The van der Waals surface area contributed by atoms with Crippen molar-refractivity contribution in [1.29, 1.82) is 0 Å². The van der Waals surface area contributed by atoms with Crippen molar-refractivity contribution in [1.82, 2.24) is 9.55 Å². The second-order valence-electron chi connectivity index (χ2n) is 4.67. The molecule has 0 saturated carbocycles. The third-order valence-electron chi connectivity index (χ3n) is 3.25. The third kappa shape index (κ3) is 4.18. The predicted molar refractivity (Wildman–Crippen MR) is 80.1 cm³/mol. The molecule has 1 aliphatic heterocycles. The number of carboxylic acid groups (broad SMARTS) is 1. The van der Waals surface area contributed by atoms with Gasteiger partial charge in [0.15, 0.2) is 5.16 Å². The maximum absolute atomic E-state index is 10.7. The molecule has 1 aromatic heterocycles. The predicted octanol–water partition coefficient (Wildman–Crippen LogP) is 2.91. The summed E-state index contributed by atoms with van der Waals surface area (Å²) < 4.78 is 2.22. The average molecular weight is 300 g/mol. The first-order valence-electron chi connectivity index (χ1n) is 6.71. The van der Waals surface area contributed by atoms with Gasteiger partial charge in [-0.15, -0.1) is 0 Å². The average Bonchev–Trinajstić information content (AvgIpc) is 2.80. The summed E-state index contributed by atoms with van der Waals surface area (Å²) in [7, 11) is 0. The van der Waals surface area contributed by atoms with Crippen LogP contribution >= 0.6 is 23.5 Å². The Morgan fingerprint density at radius 3 is 3.11 bits per heavy atom. The summed E-state index contributed by atoms with van der Waals surface area (Å²) in [5.74, 6) is 0.542. The monoisotopic (exact) mass is 300 g/mol. The van der Waals surface area contributed by atoms with Crippen molar-refractivity contribution in [3.05, 3.63) is 11.9 Å². The number of rotatable bonds is 6. The largest absolute Gasteiger partial charge is 0.481 e. The van der Waals surface area contributed by atoms with Crippen LogP contribution in [0.5, 0.6) is 0 Å². The van der Waals surface area contributed by atoms with Gasteiger partial charge in [-0.3, -0.25) is 4.79 Å². The molecule has 0 spiro atoms. The number of carboxylic acids is 1. The maximum Gasteiger partial charge on any atom is 0.313 e. The summed E-state index contributed by atoms with van der Waals surface area (Å²) in [4.78, 5) is 15.1. The molecule has 1 aromatic rings. The van der Waals surface area contributed by atoms with Gasteiger partial charge in [0.25, 0.3) is 0 Å². The summed E-state index contributed by atoms with van der Waals surface area (Å²) >= 11 is 3.36. The van der Waals surface area contributed by atoms with E-state index in [0.717, 1.165) is 18.1 Å². The summed E-state index contributed by atoms with van der Waals surface area (Å²) in [6.07, 6.45) is 6.72. The van der Waals surface area contributed by atoms with Gasteiger partial charge in [-0.1, -0.05) is 25.1 Å². The molecule has 6 heteroatoms. The summed E-state index contributed by atoms with van der Waals surface area (Å²) in [5.41, 5.74) is 1.21. The molecule has 0 radical (unpaired) electrons. The van der Waals surface area contributed by atoms with Gasteiger partial charge in [0.1, 0.15) is 0 Å². The van der Waals surface area contributed by atoms with Crippen LogP contribution in [0.3, 0.4) is 0 Å². The smallest absolute Gasteiger partial charge is 0.313 e. The molecular formula is C13H20N2O2S2. The van der Waals surface area contributed by atoms with Crippen LogP contribution in [-0.4, -0.2) is 37.4 Å². The number of aromatic nitrogens is 2. The minimum absolute atomic E-state index is 0.0813. The second kappa shape index (κ2) is 7.24. The van der Waals surface area contributed by atoms with E-state index in [-0.39, 0.29) is 5.75 Å². The molecule has 0 amide bonds. The molecule has 1 unspecified atom stereocenters. The number of hydrogen-bond donors (Lipinski definition) is 1. The molecule has 0 aliphatic carbocycles. The lowest BCUT2D eigenvalue weighted by Gasteiger charge is -2.23. The summed E-state index contributed by atoms with van der Waals surface area (Å²) in [6, 6.07) is 0. The number of imidazole rings is 1. The normalized spacial score (nSPS) is 19.5. The lowest BCUT2D eigenvalue weighted by atomic mass is 10.2. The third-order valence-corrected chi connectivity index (χ3v) is 5.60. The molecule has 1 N–H and O–H groups in total. The van der Waals surface area contributed by atoms with Gasteiger partial charge in [-0.25, -0.2) is 4.98 Å². The Morgan fingerprint density at radius 1 is 1.63 bits per heavy atom. The molecule has 1 aliphatic rings. The van der Waals surface area contributed by atoms with E-state index in [1.54, 1.807) is 0 Å². The van der Waals surface area contributed by atoms with Crippen molar-refractivity contribution < 1.29 is 9.90 Å². The van der Waals surface area contributed by atoms with E-state index in [9.17, 15) is 4.79 Å². The Balaban J connectivity index is 2.06. The molecule has 1 saturated heterocycles. The van der Waals surface area contributed by atoms with Crippen molar-refractivity contribution in [3.63, 3.8) is 0 Å². The number of thioether (sulfide) groups is 2.